The van der Waals surface area contributed by atoms with E-state index in [1.807, 2.05) is 0 Å². The van der Waals surface area contributed by atoms with Crippen molar-refractivity contribution in [3.8, 4) is 0 Å². The largest absolute Gasteiger partial charge is 0.311 e. The normalized spacial score (nSPS) is 17.9. The highest BCUT2D eigenvalue weighted by molar-refractivity contribution is 5.85. The van der Waals surface area contributed by atoms with E-state index in [1.165, 1.54) is 54.4 Å². The first-order valence-electron chi connectivity index (χ1n) is 11.5. The van der Waals surface area contributed by atoms with Crippen LogP contribution >= 0.6 is 0 Å². The standard InChI is InChI=1S/C27H38NO/c1-4-26(27(29)20-25-22(2)14-13-15-23(25)3)28(18-11-6-5-7-12-19-28)21-24-16-9-8-10-17-24/h8-10,13-17,26H,4-7,11-12,18-21H2,1-3H3/q+1. The number of hydrogen-bond acceptors (Lipinski definition) is 1. The molecule has 29 heavy (non-hydrogen) atoms. The molecule has 1 fully saturated rings. The van der Waals surface area contributed by atoms with Crippen LogP contribution in [0.3, 0.4) is 0 Å². The zero-order valence-electron chi connectivity index (χ0n) is 18.6. The minimum absolute atomic E-state index is 0.0901. The van der Waals surface area contributed by atoms with Gasteiger partial charge in [0.05, 0.1) is 13.1 Å². The minimum Gasteiger partial charge on any atom is -0.311 e. The van der Waals surface area contributed by atoms with E-state index in [4.69, 9.17) is 0 Å². The lowest BCUT2D eigenvalue weighted by molar-refractivity contribution is -0.956. The lowest BCUT2D eigenvalue weighted by Gasteiger charge is -2.45. The number of carbonyl (C=O) groups excluding carboxylic acids is 1. The van der Waals surface area contributed by atoms with Crippen LogP contribution in [-0.2, 0) is 17.8 Å². The smallest absolute Gasteiger partial charge is 0.194 e. The van der Waals surface area contributed by atoms with Crippen molar-refractivity contribution in [1.29, 1.82) is 0 Å². The van der Waals surface area contributed by atoms with Crippen molar-refractivity contribution >= 4 is 5.78 Å². The number of Topliss-reactive ketones (excluding diaryl/α,β-unsaturated/α-hetero) is 1. The lowest BCUT2D eigenvalue weighted by Crippen LogP contribution is -2.59. The van der Waals surface area contributed by atoms with Gasteiger partial charge < -0.3 is 4.48 Å². The van der Waals surface area contributed by atoms with Crippen LogP contribution in [0, 0.1) is 13.8 Å². The van der Waals surface area contributed by atoms with E-state index in [0.29, 0.717) is 12.2 Å². The number of ketones is 1. The highest BCUT2D eigenvalue weighted by Crippen LogP contribution is 2.29. The predicted octanol–water partition coefficient (Wildman–Crippen LogP) is 6.17. The van der Waals surface area contributed by atoms with Gasteiger partial charge in [-0.15, -0.1) is 0 Å². The maximum absolute atomic E-state index is 13.7. The van der Waals surface area contributed by atoms with Gasteiger partial charge in [0.15, 0.2) is 5.78 Å². The fraction of sp³-hybridized carbons (Fsp3) is 0.519. The average molecular weight is 393 g/mol. The van der Waals surface area contributed by atoms with Crippen LogP contribution in [0.2, 0.25) is 0 Å². The van der Waals surface area contributed by atoms with Crippen LogP contribution in [0.15, 0.2) is 48.5 Å². The van der Waals surface area contributed by atoms with Crippen LogP contribution < -0.4 is 0 Å². The van der Waals surface area contributed by atoms with Crippen LogP contribution in [0.1, 0.15) is 67.7 Å². The highest BCUT2D eigenvalue weighted by atomic mass is 16.1. The van der Waals surface area contributed by atoms with Crippen molar-refractivity contribution in [2.45, 2.75) is 78.3 Å². The van der Waals surface area contributed by atoms with Crippen molar-refractivity contribution in [2.75, 3.05) is 13.1 Å². The van der Waals surface area contributed by atoms with Crippen molar-refractivity contribution in [1.82, 2.24) is 0 Å². The van der Waals surface area contributed by atoms with Gasteiger partial charge in [-0.2, -0.15) is 0 Å². The second-order valence-corrected chi connectivity index (χ2v) is 9.01. The summed E-state index contributed by atoms with van der Waals surface area (Å²) in [6.45, 7) is 9.74. The Morgan fingerprint density at radius 1 is 0.862 bits per heavy atom. The molecule has 0 spiro atoms. The van der Waals surface area contributed by atoms with Crippen molar-refractivity contribution in [2.24, 2.45) is 0 Å². The summed E-state index contributed by atoms with van der Waals surface area (Å²) in [4.78, 5) is 13.7. The van der Waals surface area contributed by atoms with E-state index in [2.05, 4.69) is 69.3 Å². The molecule has 2 aromatic carbocycles. The van der Waals surface area contributed by atoms with Gasteiger partial charge in [-0.1, -0.05) is 61.9 Å². The molecule has 2 nitrogen and oxygen atoms in total. The molecule has 0 bridgehead atoms. The first kappa shape index (κ1) is 21.8. The molecule has 0 N–H and O–H groups in total. The first-order chi connectivity index (χ1) is 14.1. The van der Waals surface area contributed by atoms with Gasteiger partial charge >= 0.3 is 0 Å². The summed E-state index contributed by atoms with van der Waals surface area (Å²) in [5.41, 5.74) is 5.10. The molecule has 1 heterocycles. The number of hydrogen-bond donors (Lipinski definition) is 0. The zero-order chi connectivity index (χ0) is 20.7. The minimum atomic E-state index is 0.0901. The third-order valence-corrected chi connectivity index (χ3v) is 6.96. The lowest BCUT2D eigenvalue weighted by atomic mass is 9.91. The molecular weight excluding hydrogens is 354 g/mol. The number of rotatable bonds is 7. The Balaban J connectivity index is 1.91. The van der Waals surface area contributed by atoms with Crippen LogP contribution in [0.4, 0.5) is 0 Å². The molecule has 3 rings (SSSR count). The van der Waals surface area contributed by atoms with Crippen LogP contribution in [0.5, 0.6) is 0 Å². The monoisotopic (exact) mass is 392 g/mol. The average Bonchev–Trinajstić information content (AvgIpc) is 2.69. The molecule has 156 valence electrons. The molecule has 2 aromatic rings. The van der Waals surface area contributed by atoms with Gasteiger partial charge in [0, 0.05) is 18.4 Å². The van der Waals surface area contributed by atoms with Gasteiger partial charge in [0.1, 0.15) is 12.6 Å². The van der Waals surface area contributed by atoms with Crippen LogP contribution in [-0.4, -0.2) is 29.4 Å². The fourth-order valence-electron chi connectivity index (χ4n) is 5.36. The summed E-state index contributed by atoms with van der Waals surface area (Å²) in [5, 5.41) is 0. The summed E-state index contributed by atoms with van der Waals surface area (Å²) in [6, 6.07) is 17.3. The third-order valence-electron chi connectivity index (χ3n) is 6.96. The maximum atomic E-state index is 13.7. The van der Waals surface area contributed by atoms with Gasteiger partial charge in [-0.25, -0.2) is 0 Å². The molecule has 0 radical (unpaired) electrons. The summed E-state index contributed by atoms with van der Waals surface area (Å²) < 4.78 is 0.949. The molecule has 1 aliphatic rings. The Kier molecular flexibility index (Phi) is 7.66. The Morgan fingerprint density at radius 2 is 1.45 bits per heavy atom. The molecule has 0 aromatic heterocycles. The van der Waals surface area contributed by atoms with Crippen LogP contribution in [0.25, 0.3) is 0 Å². The highest BCUT2D eigenvalue weighted by Gasteiger charge is 2.40. The molecule has 1 unspecified atom stereocenters. The van der Waals surface area contributed by atoms with Crippen molar-refractivity contribution in [3.63, 3.8) is 0 Å². The fourth-order valence-corrected chi connectivity index (χ4v) is 5.36. The van der Waals surface area contributed by atoms with E-state index in [1.54, 1.807) is 0 Å². The Morgan fingerprint density at radius 3 is 2.03 bits per heavy atom. The SMILES string of the molecule is CCC(C(=O)Cc1c(C)cccc1C)[N+]1(Cc2ccccc2)CCCCCCC1. The first-order valence-corrected chi connectivity index (χ1v) is 11.5. The molecule has 0 aliphatic carbocycles. The Labute approximate surface area is 177 Å². The quantitative estimate of drug-likeness (QED) is 0.515. The number of carbonyl (C=O) groups is 1. The Hall–Kier alpha value is -1.93. The molecule has 1 aliphatic heterocycles. The van der Waals surface area contributed by atoms with E-state index < -0.39 is 0 Å². The van der Waals surface area contributed by atoms with E-state index in [0.717, 1.165) is 30.5 Å². The van der Waals surface area contributed by atoms with Gasteiger partial charge in [0.2, 0.25) is 0 Å². The van der Waals surface area contributed by atoms with Gasteiger partial charge in [-0.3, -0.25) is 4.79 Å². The molecule has 0 saturated carbocycles. The molecular formula is C27H38NO+. The zero-order valence-corrected chi connectivity index (χ0v) is 18.6. The predicted molar refractivity (Wildman–Crippen MR) is 122 cm³/mol. The second-order valence-electron chi connectivity index (χ2n) is 9.01. The van der Waals surface area contributed by atoms with Gasteiger partial charge in [-0.05, 0) is 56.2 Å². The van der Waals surface area contributed by atoms with E-state index in [9.17, 15) is 4.79 Å². The molecule has 1 atom stereocenters. The number of benzene rings is 2. The summed E-state index contributed by atoms with van der Waals surface area (Å²) in [6.07, 6.45) is 7.92. The molecule has 2 heteroatoms. The number of quaternary nitrogens is 1. The second kappa shape index (κ2) is 10.2. The number of nitrogens with zero attached hydrogens (tertiary/aromatic N) is 1. The summed E-state index contributed by atoms with van der Waals surface area (Å²) in [5.74, 6) is 0.432. The number of aryl methyl sites for hydroxylation is 2. The van der Waals surface area contributed by atoms with Gasteiger partial charge in [0.25, 0.3) is 0 Å². The number of likely N-dealkylation sites (tertiary alicyclic amines) is 1. The summed E-state index contributed by atoms with van der Waals surface area (Å²) >= 11 is 0. The van der Waals surface area contributed by atoms with Crippen molar-refractivity contribution in [3.05, 3.63) is 70.8 Å². The van der Waals surface area contributed by atoms with E-state index in [-0.39, 0.29) is 6.04 Å². The topological polar surface area (TPSA) is 17.1 Å². The third kappa shape index (κ3) is 5.36. The molecule has 0 amide bonds. The maximum Gasteiger partial charge on any atom is 0.194 e. The Bertz CT molecular complexity index is 767. The van der Waals surface area contributed by atoms with Crippen molar-refractivity contribution < 1.29 is 9.28 Å². The molecule has 1 saturated heterocycles. The van der Waals surface area contributed by atoms with E-state index >= 15 is 0 Å². The summed E-state index contributed by atoms with van der Waals surface area (Å²) in [7, 11) is 0.